The van der Waals surface area contributed by atoms with E-state index < -0.39 is 0 Å². The van der Waals surface area contributed by atoms with Crippen LogP contribution in [0.3, 0.4) is 0 Å². The molecule has 0 aromatic carbocycles. The second-order valence-electron chi connectivity index (χ2n) is 3.95. The zero-order valence-corrected chi connectivity index (χ0v) is 9.55. The second kappa shape index (κ2) is 5.61. The minimum Gasteiger partial charge on any atom is -0.338 e. The lowest BCUT2D eigenvalue weighted by Crippen LogP contribution is -2.47. The lowest BCUT2D eigenvalue weighted by molar-refractivity contribution is 0.261. The topological polar surface area (TPSA) is 32.3 Å². The molecule has 0 atom stereocenters. The standard InChI is InChI=1S/C12H18N4/c1-2-3-7-15-8-10-16(11-9-15)12-13-5-4-6-14-12/h2,4-6H,1,3,7-11H2. The van der Waals surface area contributed by atoms with Crippen LogP contribution in [-0.4, -0.2) is 47.6 Å². The Balaban J connectivity index is 1.83. The van der Waals surface area contributed by atoms with Crippen molar-refractivity contribution in [2.24, 2.45) is 0 Å². The maximum absolute atomic E-state index is 4.27. The van der Waals surface area contributed by atoms with Gasteiger partial charge in [0.2, 0.25) is 5.95 Å². The highest BCUT2D eigenvalue weighted by Crippen LogP contribution is 2.09. The van der Waals surface area contributed by atoms with E-state index in [0.717, 1.165) is 45.1 Å². The predicted octanol–water partition coefficient (Wildman–Crippen LogP) is 1.17. The molecule has 0 unspecified atom stereocenters. The summed E-state index contributed by atoms with van der Waals surface area (Å²) < 4.78 is 0. The largest absolute Gasteiger partial charge is 0.338 e. The van der Waals surface area contributed by atoms with Gasteiger partial charge < -0.3 is 4.90 Å². The van der Waals surface area contributed by atoms with E-state index in [1.54, 1.807) is 12.4 Å². The van der Waals surface area contributed by atoms with Gasteiger partial charge in [-0.25, -0.2) is 9.97 Å². The molecule has 1 aliphatic rings. The Hall–Kier alpha value is -1.42. The zero-order valence-electron chi connectivity index (χ0n) is 9.55. The van der Waals surface area contributed by atoms with Crippen LogP contribution in [0, 0.1) is 0 Å². The number of nitrogens with zero attached hydrogens (tertiary/aromatic N) is 4. The number of hydrogen-bond donors (Lipinski definition) is 0. The van der Waals surface area contributed by atoms with Crippen molar-refractivity contribution < 1.29 is 0 Å². The van der Waals surface area contributed by atoms with Crippen molar-refractivity contribution in [1.29, 1.82) is 0 Å². The van der Waals surface area contributed by atoms with E-state index in [-0.39, 0.29) is 0 Å². The third-order valence-electron chi connectivity index (χ3n) is 2.86. The fourth-order valence-corrected chi connectivity index (χ4v) is 1.90. The quantitative estimate of drug-likeness (QED) is 0.710. The summed E-state index contributed by atoms with van der Waals surface area (Å²) in [4.78, 5) is 13.2. The van der Waals surface area contributed by atoms with Crippen molar-refractivity contribution in [3.8, 4) is 0 Å². The Morgan fingerprint density at radius 3 is 2.50 bits per heavy atom. The molecule has 0 bridgehead atoms. The van der Waals surface area contributed by atoms with E-state index in [2.05, 4.69) is 26.3 Å². The molecule has 0 spiro atoms. The summed E-state index contributed by atoms with van der Waals surface area (Å²) >= 11 is 0. The smallest absolute Gasteiger partial charge is 0.225 e. The summed E-state index contributed by atoms with van der Waals surface area (Å²) in [5.74, 6) is 0.853. The number of piperazine rings is 1. The number of rotatable bonds is 4. The Kier molecular flexibility index (Phi) is 3.88. The van der Waals surface area contributed by atoms with Crippen molar-refractivity contribution in [2.45, 2.75) is 6.42 Å². The highest BCUT2D eigenvalue weighted by Gasteiger charge is 2.17. The van der Waals surface area contributed by atoms with E-state index in [4.69, 9.17) is 0 Å². The third-order valence-corrected chi connectivity index (χ3v) is 2.86. The molecule has 86 valence electrons. The molecule has 1 aromatic rings. The van der Waals surface area contributed by atoms with Crippen LogP contribution in [0.25, 0.3) is 0 Å². The minimum absolute atomic E-state index is 0.853. The van der Waals surface area contributed by atoms with Crippen molar-refractivity contribution in [2.75, 3.05) is 37.6 Å². The van der Waals surface area contributed by atoms with Crippen LogP contribution in [0.1, 0.15) is 6.42 Å². The Bertz CT molecular complexity index is 317. The molecular formula is C12H18N4. The van der Waals surface area contributed by atoms with Gasteiger partial charge >= 0.3 is 0 Å². The molecular weight excluding hydrogens is 200 g/mol. The molecule has 1 fully saturated rings. The monoisotopic (exact) mass is 218 g/mol. The van der Waals surface area contributed by atoms with Gasteiger partial charge in [0.05, 0.1) is 0 Å². The van der Waals surface area contributed by atoms with Gasteiger partial charge in [-0.05, 0) is 12.5 Å². The average Bonchev–Trinajstić information content (AvgIpc) is 2.38. The van der Waals surface area contributed by atoms with Crippen molar-refractivity contribution in [3.63, 3.8) is 0 Å². The van der Waals surface area contributed by atoms with E-state index in [1.807, 2.05) is 12.1 Å². The van der Waals surface area contributed by atoms with Crippen LogP contribution in [0.2, 0.25) is 0 Å². The molecule has 1 aromatic heterocycles. The lowest BCUT2D eigenvalue weighted by atomic mass is 10.3. The molecule has 1 saturated heterocycles. The molecule has 0 aliphatic carbocycles. The number of hydrogen-bond acceptors (Lipinski definition) is 4. The first-order chi connectivity index (χ1) is 7.90. The van der Waals surface area contributed by atoms with Gasteiger partial charge in [-0.1, -0.05) is 6.08 Å². The molecule has 0 saturated carbocycles. The SMILES string of the molecule is C=CCCN1CCN(c2ncccn2)CC1. The highest BCUT2D eigenvalue weighted by molar-refractivity contribution is 5.29. The summed E-state index contributed by atoms with van der Waals surface area (Å²) in [6.45, 7) is 9.08. The Morgan fingerprint density at radius 2 is 1.88 bits per heavy atom. The lowest BCUT2D eigenvalue weighted by Gasteiger charge is -2.34. The van der Waals surface area contributed by atoms with Gasteiger partial charge in [-0.2, -0.15) is 0 Å². The molecule has 0 N–H and O–H groups in total. The first-order valence-corrected chi connectivity index (χ1v) is 5.75. The molecule has 4 nitrogen and oxygen atoms in total. The van der Waals surface area contributed by atoms with Gasteiger partial charge in [-0.15, -0.1) is 6.58 Å². The summed E-state index contributed by atoms with van der Waals surface area (Å²) in [6, 6.07) is 1.85. The second-order valence-corrected chi connectivity index (χ2v) is 3.95. The Morgan fingerprint density at radius 1 is 1.19 bits per heavy atom. The number of anilines is 1. The van der Waals surface area contributed by atoms with Crippen molar-refractivity contribution in [1.82, 2.24) is 14.9 Å². The van der Waals surface area contributed by atoms with Gasteiger partial charge in [-0.3, -0.25) is 4.90 Å². The van der Waals surface area contributed by atoms with Crippen molar-refractivity contribution in [3.05, 3.63) is 31.1 Å². The normalized spacial score (nSPS) is 17.4. The summed E-state index contributed by atoms with van der Waals surface area (Å²) in [7, 11) is 0. The van der Waals surface area contributed by atoms with Gasteiger partial charge in [0.15, 0.2) is 0 Å². The third kappa shape index (κ3) is 2.79. The van der Waals surface area contributed by atoms with Gasteiger partial charge in [0.1, 0.15) is 0 Å². The van der Waals surface area contributed by atoms with E-state index in [1.165, 1.54) is 0 Å². The highest BCUT2D eigenvalue weighted by atomic mass is 15.3. The molecule has 2 rings (SSSR count). The average molecular weight is 218 g/mol. The summed E-state index contributed by atoms with van der Waals surface area (Å²) in [5.41, 5.74) is 0. The van der Waals surface area contributed by atoms with Crippen LogP contribution in [0.15, 0.2) is 31.1 Å². The first-order valence-electron chi connectivity index (χ1n) is 5.75. The molecule has 1 aliphatic heterocycles. The molecule has 2 heterocycles. The van der Waals surface area contributed by atoms with E-state index >= 15 is 0 Å². The molecule has 0 amide bonds. The van der Waals surface area contributed by atoms with E-state index in [0.29, 0.717) is 0 Å². The van der Waals surface area contributed by atoms with Gasteiger partial charge in [0.25, 0.3) is 0 Å². The maximum atomic E-state index is 4.27. The van der Waals surface area contributed by atoms with Crippen LogP contribution in [-0.2, 0) is 0 Å². The van der Waals surface area contributed by atoms with Crippen LogP contribution >= 0.6 is 0 Å². The van der Waals surface area contributed by atoms with Crippen LogP contribution in [0.5, 0.6) is 0 Å². The summed E-state index contributed by atoms with van der Waals surface area (Å²) in [6.07, 6.45) is 6.65. The first kappa shape index (κ1) is 11.1. The molecule has 4 heteroatoms. The maximum Gasteiger partial charge on any atom is 0.225 e. The predicted molar refractivity (Wildman–Crippen MR) is 65.5 cm³/mol. The molecule has 0 radical (unpaired) electrons. The van der Waals surface area contributed by atoms with E-state index in [9.17, 15) is 0 Å². The van der Waals surface area contributed by atoms with Crippen LogP contribution < -0.4 is 4.90 Å². The summed E-state index contributed by atoms with van der Waals surface area (Å²) in [5, 5.41) is 0. The van der Waals surface area contributed by atoms with Gasteiger partial charge in [0, 0.05) is 45.1 Å². The zero-order chi connectivity index (χ0) is 11.2. The van der Waals surface area contributed by atoms with Crippen LogP contribution in [0.4, 0.5) is 5.95 Å². The number of aromatic nitrogens is 2. The fourth-order valence-electron chi connectivity index (χ4n) is 1.90. The van der Waals surface area contributed by atoms with Crippen molar-refractivity contribution >= 4 is 5.95 Å². The minimum atomic E-state index is 0.853. The fraction of sp³-hybridized carbons (Fsp3) is 0.500. The molecule has 16 heavy (non-hydrogen) atoms. The Labute approximate surface area is 96.6 Å².